The minimum absolute atomic E-state index is 0.0865. The van der Waals surface area contributed by atoms with Crippen LogP contribution in [-0.4, -0.2) is 6.34 Å². The molecule has 3 rings (SSSR count). The van der Waals surface area contributed by atoms with Crippen LogP contribution in [0.25, 0.3) is 0 Å². The Kier molecular flexibility index (Phi) is 2.88. The normalized spacial score (nSPS) is 17.4. The maximum absolute atomic E-state index is 6.02. The molecule has 1 aromatic carbocycles. The van der Waals surface area contributed by atoms with Gasteiger partial charge in [0.05, 0.1) is 6.34 Å². The fourth-order valence-corrected chi connectivity index (χ4v) is 3.45. The van der Waals surface area contributed by atoms with Crippen molar-refractivity contribution in [2.75, 3.05) is 5.32 Å². The topological polar surface area (TPSA) is 24.4 Å². The van der Waals surface area contributed by atoms with Crippen molar-refractivity contribution in [1.82, 2.24) is 0 Å². The van der Waals surface area contributed by atoms with Gasteiger partial charge in [-0.3, -0.25) is 4.99 Å². The molecule has 0 fully saturated rings. The van der Waals surface area contributed by atoms with E-state index in [1.54, 1.807) is 6.34 Å². The van der Waals surface area contributed by atoms with E-state index in [4.69, 9.17) is 11.6 Å². The molecule has 2 aromatic rings. The first kappa shape index (κ1) is 11.8. The molecule has 1 aliphatic rings. The highest BCUT2D eigenvalue weighted by atomic mass is 35.5. The van der Waals surface area contributed by atoms with Gasteiger partial charge in [0.15, 0.2) is 0 Å². The summed E-state index contributed by atoms with van der Waals surface area (Å²) in [5.74, 6) is 0. The summed E-state index contributed by atoms with van der Waals surface area (Å²) in [6.07, 6.45) is 1.76. The van der Waals surface area contributed by atoms with Gasteiger partial charge >= 0.3 is 0 Å². The SMILES string of the molecule is Cc1cc(C2N=CNc3cc(Cl)ccc32)c(C)s1. The number of fused-ring (bicyclic) bond motifs is 1. The minimum atomic E-state index is 0.0865. The van der Waals surface area contributed by atoms with E-state index in [1.807, 2.05) is 23.5 Å². The fourth-order valence-electron chi connectivity index (χ4n) is 2.32. The molecular formula is C14H13ClN2S. The number of anilines is 1. The molecule has 2 nitrogen and oxygen atoms in total. The third kappa shape index (κ3) is 1.93. The predicted octanol–water partition coefficient (Wildman–Crippen LogP) is 4.56. The third-order valence-corrected chi connectivity index (χ3v) is 4.34. The lowest BCUT2D eigenvalue weighted by molar-refractivity contribution is 0.867. The number of aliphatic imine (C=N–C) groups is 1. The summed E-state index contributed by atoms with van der Waals surface area (Å²) >= 11 is 7.84. The summed E-state index contributed by atoms with van der Waals surface area (Å²) in [6.45, 7) is 4.29. The van der Waals surface area contributed by atoms with Crippen molar-refractivity contribution >= 4 is 35.0 Å². The molecule has 4 heteroatoms. The van der Waals surface area contributed by atoms with Gasteiger partial charge < -0.3 is 5.32 Å². The van der Waals surface area contributed by atoms with E-state index in [2.05, 4.69) is 36.3 Å². The zero-order chi connectivity index (χ0) is 12.7. The summed E-state index contributed by atoms with van der Waals surface area (Å²) in [4.78, 5) is 7.23. The Balaban J connectivity index is 2.12. The van der Waals surface area contributed by atoms with Gasteiger partial charge in [-0.2, -0.15) is 0 Å². The van der Waals surface area contributed by atoms with E-state index in [0.717, 1.165) is 10.7 Å². The highest BCUT2D eigenvalue weighted by Gasteiger charge is 2.22. The van der Waals surface area contributed by atoms with E-state index >= 15 is 0 Å². The average molecular weight is 277 g/mol. The number of thiophene rings is 1. The first-order valence-electron chi connectivity index (χ1n) is 5.80. The van der Waals surface area contributed by atoms with Crippen LogP contribution in [0.3, 0.4) is 0 Å². The molecule has 1 aromatic heterocycles. The van der Waals surface area contributed by atoms with Gasteiger partial charge in [0.25, 0.3) is 0 Å². The molecule has 1 N–H and O–H groups in total. The Morgan fingerprint density at radius 3 is 2.78 bits per heavy atom. The summed E-state index contributed by atoms with van der Waals surface area (Å²) < 4.78 is 0. The van der Waals surface area contributed by atoms with Crippen LogP contribution in [0.1, 0.15) is 26.9 Å². The first-order valence-corrected chi connectivity index (χ1v) is 6.99. The second kappa shape index (κ2) is 4.41. The van der Waals surface area contributed by atoms with Crippen LogP contribution in [0.5, 0.6) is 0 Å². The second-order valence-electron chi connectivity index (χ2n) is 4.43. The highest BCUT2D eigenvalue weighted by molar-refractivity contribution is 7.12. The van der Waals surface area contributed by atoms with Crippen LogP contribution in [0.15, 0.2) is 29.3 Å². The molecule has 0 amide bonds. The standard InChI is InChI=1S/C14H13ClN2S/c1-8-5-12(9(2)18-8)14-11-4-3-10(15)6-13(11)16-7-17-14/h3-7,14H,1-2H3,(H,16,17). The quantitative estimate of drug-likeness (QED) is 0.811. The van der Waals surface area contributed by atoms with E-state index in [9.17, 15) is 0 Å². The van der Waals surface area contributed by atoms with Crippen molar-refractivity contribution in [3.05, 3.63) is 50.2 Å². The number of rotatable bonds is 1. The second-order valence-corrected chi connectivity index (χ2v) is 6.32. The molecule has 0 radical (unpaired) electrons. The molecule has 1 aliphatic heterocycles. The van der Waals surface area contributed by atoms with Gasteiger partial charge in [-0.15, -0.1) is 11.3 Å². The maximum Gasteiger partial charge on any atom is 0.105 e. The Labute approximate surface area is 115 Å². The molecule has 92 valence electrons. The van der Waals surface area contributed by atoms with Crippen molar-refractivity contribution in [2.24, 2.45) is 4.99 Å². The van der Waals surface area contributed by atoms with Crippen LogP contribution in [0, 0.1) is 13.8 Å². The Morgan fingerprint density at radius 2 is 2.06 bits per heavy atom. The van der Waals surface area contributed by atoms with Crippen molar-refractivity contribution in [3.8, 4) is 0 Å². The average Bonchev–Trinajstić information content (AvgIpc) is 2.67. The monoisotopic (exact) mass is 276 g/mol. The number of hydrogen-bond acceptors (Lipinski definition) is 3. The number of aryl methyl sites for hydroxylation is 2. The van der Waals surface area contributed by atoms with Crippen LogP contribution >= 0.6 is 22.9 Å². The highest BCUT2D eigenvalue weighted by Crippen LogP contribution is 2.38. The first-order chi connectivity index (χ1) is 8.65. The number of nitrogens with one attached hydrogen (secondary N) is 1. The summed E-state index contributed by atoms with van der Waals surface area (Å²) in [5, 5.41) is 3.90. The van der Waals surface area contributed by atoms with Gasteiger partial charge in [0, 0.05) is 26.0 Å². The molecule has 0 bridgehead atoms. The van der Waals surface area contributed by atoms with E-state index in [0.29, 0.717) is 0 Å². The lowest BCUT2D eigenvalue weighted by Gasteiger charge is -2.21. The fraction of sp³-hybridized carbons (Fsp3) is 0.214. The molecule has 0 aliphatic carbocycles. The minimum Gasteiger partial charge on any atom is -0.346 e. The largest absolute Gasteiger partial charge is 0.346 e. The summed E-state index contributed by atoms with van der Waals surface area (Å²) in [6, 6.07) is 8.24. The molecule has 1 atom stereocenters. The summed E-state index contributed by atoms with van der Waals surface area (Å²) in [5.41, 5.74) is 3.52. The van der Waals surface area contributed by atoms with Gasteiger partial charge in [-0.05, 0) is 37.6 Å². The van der Waals surface area contributed by atoms with E-state index in [-0.39, 0.29) is 6.04 Å². The molecule has 0 saturated heterocycles. The van der Waals surface area contributed by atoms with Crippen LogP contribution < -0.4 is 5.32 Å². The van der Waals surface area contributed by atoms with Gasteiger partial charge in [0.2, 0.25) is 0 Å². The van der Waals surface area contributed by atoms with Crippen LogP contribution in [0.4, 0.5) is 5.69 Å². The van der Waals surface area contributed by atoms with Crippen molar-refractivity contribution in [2.45, 2.75) is 19.9 Å². The summed E-state index contributed by atoms with van der Waals surface area (Å²) in [7, 11) is 0. The third-order valence-electron chi connectivity index (χ3n) is 3.13. The Hall–Kier alpha value is -1.32. The lowest BCUT2D eigenvalue weighted by atomic mass is 9.97. The van der Waals surface area contributed by atoms with Crippen LogP contribution in [-0.2, 0) is 0 Å². The molecular weight excluding hydrogens is 264 g/mol. The van der Waals surface area contributed by atoms with Crippen molar-refractivity contribution < 1.29 is 0 Å². The zero-order valence-corrected chi connectivity index (χ0v) is 11.8. The van der Waals surface area contributed by atoms with Gasteiger partial charge in [-0.1, -0.05) is 17.7 Å². The number of halogens is 1. The molecule has 1 unspecified atom stereocenters. The van der Waals surface area contributed by atoms with Crippen molar-refractivity contribution in [3.63, 3.8) is 0 Å². The molecule has 2 heterocycles. The Morgan fingerprint density at radius 1 is 1.22 bits per heavy atom. The molecule has 0 saturated carbocycles. The van der Waals surface area contributed by atoms with Gasteiger partial charge in [0.1, 0.15) is 6.04 Å². The lowest BCUT2D eigenvalue weighted by Crippen LogP contribution is -2.11. The smallest absolute Gasteiger partial charge is 0.105 e. The maximum atomic E-state index is 6.02. The van der Waals surface area contributed by atoms with E-state index < -0.39 is 0 Å². The zero-order valence-electron chi connectivity index (χ0n) is 10.2. The Bertz CT molecular complexity index is 631. The number of benzene rings is 1. The van der Waals surface area contributed by atoms with Gasteiger partial charge in [-0.25, -0.2) is 0 Å². The van der Waals surface area contributed by atoms with Crippen molar-refractivity contribution in [1.29, 1.82) is 0 Å². The predicted molar refractivity (Wildman–Crippen MR) is 79.2 cm³/mol. The van der Waals surface area contributed by atoms with E-state index in [1.165, 1.54) is 20.9 Å². The number of nitrogens with zero attached hydrogens (tertiary/aromatic N) is 1. The molecule has 18 heavy (non-hydrogen) atoms. The van der Waals surface area contributed by atoms with Crippen LogP contribution in [0.2, 0.25) is 5.02 Å². The number of hydrogen-bond donors (Lipinski definition) is 1. The molecule has 0 spiro atoms.